The Kier molecular flexibility index (Phi) is 4.16. The minimum atomic E-state index is -3.51. The minimum absolute atomic E-state index is 0.248. The molecule has 1 fully saturated rings. The summed E-state index contributed by atoms with van der Waals surface area (Å²) >= 11 is 0. The summed E-state index contributed by atoms with van der Waals surface area (Å²) in [5.41, 5.74) is 7.45. The largest absolute Gasteiger partial charge is 0.330 e. The van der Waals surface area contributed by atoms with E-state index < -0.39 is 10.0 Å². The maximum atomic E-state index is 13.0. The van der Waals surface area contributed by atoms with Crippen molar-refractivity contribution in [3.8, 4) is 0 Å². The molecule has 1 atom stereocenters. The Morgan fingerprint density at radius 2 is 2.18 bits per heavy atom. The summed E-state index contributed by atoms with van der Waals surface area (Å²) in [6.07, 6.45) is 3.55. The second-order valence-corrected chi connectivity index (χ2v) is 7.79. The van der Waals surface area contributed by atoms with Crippen LogP contribution in [0.25, 0.3) is 10.9 Å². The fourth-order valence-electron chi connectivity index (χ4n) is 3.09. The number of hydrogen-bond donors (Lipinski definition) is 1. The predicted molar refractivity (Wildman–Crippen MR) is 87.0 cm³/mol. The van der Waals surface area contributed by atoms with Gasteiger partial charge in [-0.05, 0) is 56.0 Å². The maximum absolute atomic E-state index is 13.0. The highest BCUT2D eigenvalue weighted by molar-refractivity contribution is 7.89. The summed E-state index contributed by atoms with van der Waals surface area (Å²) < 4.78 is 27.6. The second-order valence-electron chi connectivity index (χ2n) is 5.89. The Bertz CT molecular complexity index is 789. The lowest BCUT2D eigenvalue weighted by atomic mass is 10.0. The van der Waals surface area contributed by atoms with Crippen molar-refractivity contribution in [3.05, 3.63) is 36.0 Å². The van der Waals surface area contributed by atoms with Crippen LogP contribution in [0.1, 0.15) is 18.4 Å². The molecular weight excluding hydrogens is 298 g/mol. The monoisotopic (exact) mass is 319 g/mol. The summed E-state index contributed by atoms with van der Waals surface area (Å²) in [4.78, 5) is 4.67. The van der Waals surface area contributed by atoms with Gasteiger partial charge in [0.2, 0.25) is 10.0 Å². The van der Waals surface area contributed by atoms with E-state index in [0.29, 0.717) is 29.9 Å². The number of pyridine rings is 1. The molecular formula is C16H21N3O2S. The number of aromatic nitrogens is 1. The first kappa shape index (κ1) is 15.4. The van der Waals surface area contributed by atoms with Crippen molar-refractivity contribution in [1.82, 2.24) is 9.29 Å². The molecule has 3 rings (SSSR count). The van der Waals surface area contributed by atoms with Crippen LogP contribution in [-0.2, 0) is 10.0 Å². The van der Waals surface area contributed by atoms with Gasteiger partial charge in [-0.15, -0.1) is 0 Å². The van der Waals surface area contributed by atoms with Gasteiger partial charge in [0.25, 0.3) is 0 Å². The molecule has 1 saturated heterocycles. The van der Waals surface area contributed by atoms with Gasteiger partial charge in [-0.25, -0.2) is 8.42 Å². The molecule has 2 heterocycles. The number of piperidine rings is 1. The summed E-state index contributed by atoms with van der Waals surface area (Å²) in [5, 5.41) is 0.692. The Labute approximate surface area is 131 Å². The lowest BCUT2D eigenvalue weighted by Gasteiger charge is -2.31. The summed E-state index contributed by atoms with van der Waals surface area (Å²) in [7, 11) is -3.51. The molecule has 0 bridgehead atoms. The van der Waals surface area contributed by atoms with Crippen LogP contribution in [0.5, 0.6) is 0 Å². The van der Waals surface area contributed by atoms with Crippen LogP contribution < -0.4 is 5.73 Å². The fourth-order valence-corrected chi connectivity index (χ4v) is 4.83. The Morgan fingerprint density at radius 1 is 1.36 bits per heavy atom. The molecule has 22 heavy (non-hydrogen) atoms. The number of sulfonamides is 1. The molecule has 1 aromatic heterocycles. The van der Waals surface area contributed by atoms with E-state index in [-0.39, 0.29) is 5.92 Å². The number of hydrogen-bond acceptors (Lipinski definition) is 4. The third-order valence-electron chi connectivity index (χ3n) is 4.36. The standard InChI is InChI=1S/C16H21N3O2S/c1-12-6-7-15(14-5-2-8-18-16(12)14)22(20,21)19-9-3-4-13(10-17)11-19/h2,5-8,13H,3-4,9-11,17H2,1H3. The van der Waals surface area contributed by atoms with Crippen LogP contribution in [0.2, 0.25) is 0 Å². The molecule has 1 aromatic carbocycles. The Morgan fingerprint density at radius 3 is 2.95 bits per heavy atom. The first-order chi connectivity index (χ1) is 10.5. The summed E-state index contributed by atoms with van der Waals surface area (Å²) in [6, 6.07) is 7.12. The fraction of sp³-hybridized carbons (Fsp3) is 0.438. The highest BCUT2D eigenvalue weighted by Gasteiger charge is 2.31. The Hall–Kier alpha value is -1.50. The van der Waals surface area contributed by atoms with E-state index in [2.05, 4.69) is 4.98 Å². The molecule has 5 nitrogen and oxygen atoms in total. The third kappa shape index (κ3) is 2.62. The lowest BCUT2D eigenvalue weighted by Crippen LogP contribution is -2.42. The van der Waals surface area contributed by atoms with Crippen molar-refractivity contribution in [2.24, 2.45) is 11.7 Å². The summed E-state index contributed by atoms with van der Waals surface area (Å²) in [5.74, 6) is 0.248. The average molecular weight is 319 g/mol. The van der Waals surface area contributed by atoms with Gasteiger partial charge in [0.1, 0.15) is 0 Å². The van der Waals surface area contributed by atoms with Gasteiger partial charge in [0.15, 0.2) is 0 Å². The first-order valence-electron chi connectivity index (χ1n) is 7.58. The zero-order valence-electron chi connectivity index (χ0n) is 12.7. The van der Waals surface area contributed by atoms with E-state index in [1.165, 1.54) is 0 Å². The van der Waals surface area contributed by atoms with Crippen molar-refractivity contribution in [2.75, 3.05) is 19.6 Å². The van der Waals surface area contributed by atoms with Gasteiger partial charge in [-0.2, -0.15) is 4.31 Å². The molecule has 0 saturated carbocycles. The molecule has 118 valence electrons. The molecule has 2 aromatic rings. The zero-order valence-corrected chi connectivity index (χ0v) is 13.5. The smallest absolute Gasteiger partial charge is 0.243 e. The zero-order chi connectivity index (χ0) is 15.7. The van der Waals surface area contributed by atoms with Gasteiger partial charge < -0.3 is 5.73 Å². The predicted octanol–water partition coefficient (Wildman–Crippen LogP) is 1.90. The molecule has 0 aliphatic carbocycles. The van der Waals surface area contributed by atoms with Crippen LogP contribution in [0.15, 0.2) is 35.4 Å². The minimum Gasteiger partial charge on any atom is -0.330 e. The van der Waals surface area contributed by atoms with Crippen LogP contribution in [0.4, 0.5) is 0 Å². The highest BCUT2D eigenvalue weighted by atomic mass is 32.2. The second kappa shape index (κ2) is 5.95. The molecule has 0 spiro atoms. The molecule has 0 radical (unpaired) electrons. The van der Waals surface area contributed by atoms with Crippen LogP contribution >= 0.6 is 0 Å². The van der Waals surface area contributed by atoms with E-state index in [1.807, 2.05) is 19.1 Å². The Balaban J connectivity index is 2.08. The van der Waals surface area contributed by atoms with E-state index in [0.717, 1.165) is 23.9 Å². The molecule has 1 aliphatic rings. The maximum Gasteiger partial charge on any atom is 0.243 e. The average Bonchev–Trinajstić information content (AvgIpc) is 2.55. The quantitative estimate of drug-likeness (QED) is 0.937. The highest BCUT2D eigenvalue weighted by Crippen LogP contribution is 2.29. The molecule has 0 amide bonds. The van der Waals surface area contributed by atoms with Gasteiger partial charge in [-0.1, -0.05) is 6.07 Å². The van der Waals surface area contributed by atoms with E-state index in [4.69, 9.17) is 5.73 Å². The van der Waals surface area contributed by atoms with Crippen molar-refractivity contribution in [1.29, 1.82) is 0 Å². The van der Waals surface area contributed by atoms with Gasteiger partial charge in [-0.3, -0.25) is 4.98 Å². The molecule has 2 N–H and O–H groups in total. The van der Waals surface area contributed by atoms with Crippen molar-refractivity contribution in [3.63, 3.8) is 0 Å². The number of fused-ring (bicyclic) bond motifs is 1. The number of aryl methyl sites for hydroxylation is 1. The number of benzene rings is 1. The van der Waals surface area contributed by atoms with E-state index >= 15 is 0 Å². The summed E-state index contributed by atoms with van der Waals surface area (Å²) in [6.45, 7) is 3.54. The van der Waals surface area contributed by atoms with Crippen LogP contribution in [0.3, 0.4) is 0 Å². The van der Waals surface area contributed by atoms with E-state index in [9.17, 15) is 8.42 Å². The van der Waals surface area contributed by atoms with Crippen LogP contribution in [0, 0.1) is 12.8 Å². The lowest BCUT2D eigenvalue weighted by molar-refractivity contribution is 0.271. The topological polar surface area (TPSA) is 76.3 Å². The number of rotatable bonds is 3. The van der Waals surface area contributed by atoms with Crippen molar-refractivity contribution in [2.45, 2.75) is 24.7 Å². The van der Waals surface area contributed by atoms with Crippen LogP contribution in [-0.4, -0.2) is 37.3 Å². The first-order valence-corrected chi connectivity index (χ1v) is 9.02. The molecule has 6 heteroatoms. The van der Waals surface area contributed by atoms with Gasteiger partial charge >= 0.3 is 0 Å². The van der Waals surface area contributed by atoms with Crippen molar-refractivity contribution >= 4 is 20.9 Å². The number of nitrogens with two attached hydrogens (primary N) is 1. The van der Waals surface area contributed by atoms with Gasteiger partial charge in [0, 0.05) is 24.7 Å². The molecule has 1 unspecified atom stereocenters. The van der Waals surface area contributed by atoms with E-state index in [1.54, 1.807) is 22.6 Å². The van der Waals surface area contributed by atoms with Crippen molar-refractivity contribution < 1.29 is 8.42 Å². The normalized spacial score (nSPS) is 20.4. The SMILES string of the molecule is Cc1ccc(S(=O)(=O)N2CCCC(CN)C2)c2cccnc12. The number of nitrogens with zero attached hydrogens (tertiary/aromatic N) is 2. The van der Waals surface area contributed by atoms with Gasteiger partial charge in [0.05, 0.1) is 10.4 Å². The molecule has 1 aliphatic heterocycles. The third-order valence-corrected chi connectivity index (χ3v) is 6.29.